The number of rotatable bonds is 4. The van der Waals surface area contributed by atoms with Crippen LogP contribution in [0.1, 0.15) is 51.4 Å². The second kappa shape index (κ2) is 6.89. The van der Waals surface area contributed by atoms with Gasteiger partial charge in [-0.1, -0.05) is 19.0 Å². The topological polar surface area (TPSA) is 71.7 Å². The summed E-state index contributed by atoms with van der Waals surface area (Å²) >= 11 is 0. The maximum absolute atomic E-state index is 12.6. The predicted octanol–water partition coefficient (Wildman–Crippen LogP) is 2.03. The van der Waals surface area contributed by atoms with Gasteiger partial charge in [0.15, 0.2) is 5.82 Å². The molecule has 7 heteroatoms. The Morgan fingerprint density at radius 1 is 1.43 bits per heavy atom. The minimum Gasteiger partial charge on any atom is -0.377 e. The molecule has 1 fully saturated rings. The van der Waals surface area contributed by atoms with E-state index in [2.05, 4.69) is 10.1 Å². The van der Waals surface area contributed by atoms with E-state index in [4.69, 9.17) is 9.26 Å². The third-order valence-corrected chi connectivity index (χ3v) is 3.66. The van der Waals surface area contributed by atoms with Crippen molar-refractivity contribution in [1.29, 1.82) is 0 Å². The molecule has 0 aromatic carbocycles. The lowest BCUT2D eigenvalue weighted by molar-refractivity contribution is 0.000146. The molecular weight excluding hydrogens is 272 g/mol. The Labute approximate surface area is 125 Å². The molecule has 0 saturated carbocycles. The number of aromatic nitrogens is 2. The van der Waals surface area contributed by atoms with E-state index in [9.17, 15) is 4.79 Å². The summed E-state index contributed by atoms with van der Waals surface area (Å²) in [7, 11) is 0. The number of morpholine rings is 1. The lowest BCUT2D eigenvalue weighted by Gasteiger charge is -2.36. The number of nitrogens with zero attached hydrogens (tertiary/aromatic N) is 4. The molecule has 1 aromatic heterocycles. The zero-order valence-electron chi connectivity index (χ0n) is 13.2. The molecule has 0 N–H and O–H groups in total. The summed E-state index contributed by atoms with van der Waals surface area (Å²) < 4.78 is 10.8. The van der Waals surface area contributed by atoms with E-state index in [0.29, 0.717) is 44.6 Å². The van der Waals surface area contributed by atoms with Crippen molar-refractivity contribution in [3.8, 4) is 0 Å². The first kappa shape index (κ1) is 15.8. The summed E-state index contributed by atoms with van der Waals surface area (Å²) in [5.41, 5.74) is 0. The van der Waals surface area contributed by atoms with Crippen LogP contribution in [-0.2, 0) is 4.74 Å². The molecule has 0 radical (unpaired) electrons. The minimum absolute atomic E-state index is 0.00389. The fraction of sp³-hybridized carbons (Fsp3) is 0.786. The first-order valence-corrected chi connectivity index (χ1v) is 7.55. The number of hydrogen-bond donors (Lipinski definition) is 0. The molecule has 0 aliphatic carbocycles. The Kier molecular flexibility index (Phi) is 5.17. The minimum atomic E-state index is -0.275. The number of carbonyl (C=O) groups is 1. The van der Waals surface area contributed by atoms with Gasteiger partial charge < -0.3 is 19.1 Å². The summed E-state index contributed by atoms with van der Waals surface area (Å²) in [5, 5.41) is 4.03. The molecule has 2 rings (SSSR count). The van der Waals surface area contributed by atoms with Gasteiger partial charge in [0.1, 0.15) is 6.04 Å². The maximum atomic E-state index is 12.6. The van der Waals surface area contributed by atoms with Crippen molar-refractivity contribution in [2.45, 2.75) is 39.7 Å². The average molecular weight is 296 g/mol. The molecule has 118 valence electrons. The van der Waals surface area contributed by atoms with Crippen LogP contribution in [0.4, 0.5) is 4.79 Å². The zero-order valence-corrected chi connectivity index (χ0v) is 13.2. The molecule has 0 bridgehead atoms. The maximum Gasteiger partial charge on any atom is 0.320 e. The highest BCUT2D eigenvalue weighted by molar-refractivity contribution is 5.75. The standard InChI is InChI=1S/C14H24N4O3/c1-5-17(6-2)14(19)18-7-8-20-9-11(18)12-15-13(10(3)4)21-16-12/h10-11H,5-9H2,1-4H3/t11-/m1/s1. The van der Waals surface area contributed by atoms with Crippen LogP contribution in [0, 0.1) is 0 Å². The SMILES string of the molecule is CCN(CC)C(=O)N1CCOC[C@@H]1c1noc(C(C)C)n1. The Hall–Kier alpha value is -1.63. The lowest BCUT2D eigenvalue weighted by Crippen LogP contribution is -2.50. The summed E-state index contributed by atoms with van der Waals surface area (Å²) in [5.74, 6) is 1.28. The van der Waals surface area contributed by atoms with Gasteiger partial charge in [-0.3, -0.25) is 0 Å². The molecule has 0 spiro atoms. The van der Waals surface area contributed by atoms with E-state index in [-0.39, 0.29) is 18.0 Å². The normalized spacial score (nSPS) is 19.1. The summed E-state index contributed by atoms with van der Waals surface area (Å²) in [6.45, 7) is 10.8. The van der Waals surface area contributed by atoms with Gasteiger partial charge >= 0.3 is 6.03 Å². The van der Waals surface area contributed by atoms with Crippen LogP contribution in [0.2, 0.25) is 0 Å². The third-order valence-electron chi connectivity index (χ3n) is 3.66. The largest absolute Gasteiger partial charge is 0.377 e. The van der Waals surface area contributed by atoms with Gasteiger partial charge in [-0.2, -0.15) is 4.98 Å². The fourth-order valence-corrected chi connectivity index (χ4v) is 2.34. The van der Waals surface area contributed by atoms with Crippen molar-refractivity contribution in [2.75, 3.05) is 32.8 Å². The molecule has 1 aromatic rings. The van der Waals surface area contributed by atoms with Crippen molar-refractivity contribution in [1.82, 2.24) is 19.9 Å². The monoisotopic (exact) mass is 296 g/mol. The van der Waals surface area contributed by atoms with Crippen molar-refractivity contribution >= 4 is 6.03 Å². The van der Waals surface area contributed by atoms with Gasteiger partial charge in [0.05, 0.1) is 13.2 Å². The van der Waals surface area contributed by atoms with Gasteiger partial charge in [0.25, 0.3) is 0 Å². The van der Waals surface area contributed by atoms with Gasteiger partial charge in [0.2, 0.25) is 5.89 Å². The zero-order chi connectivity index (χ0) is 15.4. The van der Waals surface area contributed by atoms with Crippen LogP contribution < -0.4 is 0 Å². The number of ether oxygens (including phenoxy) is 1. The first-order chi connectivity index (χ1) is 10.1. The average Bonchev–Trinajstić information content (AvgIpc) is 2.98. The second-order valence-electron chi connectivity index (χ2n) is 5.38. The number of hydrogen-bond acceptors (Lipinski definition) is 5. The van der Waals surface area contributed by atoms with E-state index < -0.39 is 0 Å². The Bertz CT molecular complexity index is 471. The van der Waals surface area contributed by atoms with Gasteiger partial charge in [-0.25, -0.2) is 4.79 Å². The molecule has 21 heavy (non-hydrogen) atoms. The van der Waals surface area contributed by atoms with E-state index in [1.165, 1.54) is 0 Å². The lowest BCUT2D eigenvalue weighted by atomic mass is 10.2. The van der Waals surface area contributed by atoms with Crippen LogP contribution in [0.15, 0.2) is 4.52 Å². The molecule has 1 aliphatic rings. The highest BCUT2D eigenvalue weighted by atomic mass is 16.5. The first-order valence-electron chi connectivity index (χ1n) is 7.55. The van der Waals surface area contributed by atoms with E-state index in [1.807, 2.05) is 27.7 Å². The van der Waals surface area contributed by atoms with Crippen LogP contribution in [-0.4, -0.2) is 58.8 Å². The van der Waals surface area contributed by atoms with Gasteiger partial charge in [-0.15, -0.1) is 0 Å². The Balaban J connectivity index is 2.20. The van der Waals surface area contributed by atoms with Crippen molar-refractivity contribution in [2.24, 2.45) is 0 Å². The molecule has 0 unspecified atom stereocenters. The van der Waals surface area contributed by atoms with E-state index in [1.54, 1.807) is 9.80 Å². The van der Waals surface area contributed by atoms with E-state index >= 15 is 0 Å². The molecule has 1 atom stereocenters. The summed E-state index contributed by atoms with van der Waals surface area (Å²) in [4.78, 5) is 20.6. The molecular formula is C14H24N4O3. The summed E-state index contributed by atoms with van der Waals surface area (Å²) in [6, 6.07) is -0.271. The fourth-order valence-electron chi connectivity index (χ4n) is 2.34. The highest BCUT2D eigenvalue weighted by Gasteiger charge is 2.34. The third kappa shape index (κ3) is 3.34. The van der Waals surface area contributed by atoms with Gasteiger partial charge in [-0.05, 0) is 13.8 Å². The predicted molar refractivity (Wildman–Crippen MR) is 77.0 cm³/mol. The number of amides is 2. The van der Waals surface area contributed by atoms with Crippen LogP contribution in [0.5, 0.6) is 0 Å². The van der Waals surface area contributed by atoms with E-state index in [0.717, 1.165) is 0 Å². The number of carbonyl (C=O) groups excluding carboxylic acids is 1. The van der Waals surface area contributed by atoms with Gasteiger partial charge in [0, 0.05) is 25.6 Å². The Morgan fingerprint density at radius 2 is 2.14 bits per heavy atom. The highest BCUT2D eigenvalue weighted by Crippen LogP contribution is 2.24. The van der Waals surface area contributed by atoms with Crippen molar-refractivity contribution in [3.63, 3.8) is 0 Å². The molecule has 1 aliphatic heterocycles. The molecule has 2 amide bonds. The van der Waals surface area contributed by atoms with Crippen LogP contribution in [0.3, 0.4) is 0 Å². The molecule has 7 nitrogen and oxygen atoms in total. The number of urea groups is 1. The van der Waals surface area contributed by atoms with Crippen molar-refractivity contribution < 1.29 is 14.1 Å². The quantitative estimate of drug-likeness (QED) is 0.850. The smallest absolute Gasteiger partial charge is 0.320 e. The van der Waals surface area contributed by atoms with Crippen molar-refractivity contribution in [3.05, 3.63) is 11.7 Å². The second-order valence-corrected chi connectivity index (χ2v) is 5.38. The van der Waals surface area contributed by atoms with Crippen LogP contribution >= 0.6 is 0 Å². The molecule has 2 heterocycles. The molecule has 1 saturated heterocycles. The Morgan fingerprint density at radius 3 is 2.71 bits per heavy atom. The summed E-state index contributed by atoms with van der Waals surface area (Å²) in [6.07, 6.45) is 0. The van der Waals surface area contributed by atoms with Crippen LogP contribution in [0.25, 0.3) is 0 Å².